The van der Waals surface area contributed by atoms with Crippen LogP contribution in [0, 0.1) is 0 Å². The predicted octanol–water partition coefficient (Wildman–Crippen LogP) is 17.1. The highest BCUT2D eigenvalue weighted by molar-refractivity contribution is 6.62. The van der Waals surface area contributed by atoms with Crippen molar-refractivity contribution in [2.75, 3.05) is 0 Å². The van der Waals surface area contributed by atoms with Crippen molar-refractivity contribution in [3.63, 3.8) is 0 Å². The second-order valence-electron chi connectivity index (χ2n) is 18.1. The van der Waals surface area contributed by atoms with Gasteiger partial charge in [0.2, 0.25) is 5.28 Å². The molecule has 374 valence electrons. The average Bonchev–Trinajstić information content (AvgIpc) is 1.57. The van der Waals surface area contributed by atoms with E-state index in [1.54, 1.807) is 48.5 Å². The zero-order valence-corrected chi connectivity index (χ0v) is 44.1. The van der Waals surface area contributed by atoms with Crippen molar-refractivity contribution in [1.29, 1.82) is 0 Å². The molecule has 0 aliphatic carbocycles. The van der Waals surface area contributed by atoms with E-state index < -0.39 is 55.5 Å². The van der Waals surface area contributed by atoms with Crippen LogP contribution in [0.5, 0.6) is 0 Å². The molecule has 0 bridgehead atoms. The van der Waals surface area contributed by atoms with Crippen molar-refractivity contribution in [3.8, 4) is 56.9 Å². The lowest BCUT2D eigenvalue weighted by Gasteiger charge is -2.32. The van der Waals surface area contributed by atoms with Crippen LogP contribution in [0.25, 0.3) is 101 Å². The molecule has 0 spiro atoms. The van der Waals surface area contributed by atoms with Gasteiger partial charge in [-0.3, -0.25) is 0 Å². The third-order valence-electron chi connectivity index (χ3n) is 12.5. The molecule has 1 fully saturated rings. The molecule has 0 N–H and O–H groups in total. The first-order valence-corrected chi connectivity index (χ1v) is 25.1. The second kappa shape index (κ2) is 21.1. The smallest absolute Gasteiger partial charge is 0.455 e. The van der Waals surface area contributed by atoms with E-state index in [-0.39, 0.29) is 68.8 Å². The number of furan rings is 2. The number of benzene rings is 8. The quantitative estimate of drug-likeness (QED) is 0.149. The Bertz CT molecular complexity index is 4650. The van der Waals surface area contributed by atoms with Gasteiger partial charge in [-0.25, -0.2) is 19.9 Å². The van der Waals surface area contributed by atoms with Crippen LogP contribution in [0.1, 0.15) is 41.4 Å². The zero-order valence-electron chi connectivity index (χ0n) is 50.3. The molecule has 10 nitrogen and oxygen atoms in total. The second-order valence-corrected chi connectivity index (χ2v) is 20.1. The first-order valence-electron chi connectivity index (χ1n) is 28.2. The number of fused-ring (bicyclic) bond motifs is 6. The van der Waals surface area contributed by atoms with Crippen molar-refractivity contribution in [3.05, 3.63) is 207 Å². The fraction of sp³-hybridized carbons (Fsp3) is 0.100. The molecular weight excluding hydrogens is 1060 g/mol. The Morgan fingerprint density at radius 2 is 0.816 bits per heavy atom. The number of hydrogen-bond donors (Lipinski definition) is 0. The lowest BCUT2D eigenvalue weighted by atomic mass is 9.79. The van der Waals surface area contributed by atoms with E-state index in [0.717, 1.165) is 32.6 Å². The fourth-order valence-corrected chi connectivity index (χ4v) is 9.35. The van der Waals surface area contributed by atoms with Gasteiger partial charge < -0.3 is 18.1 Å². The Labute approximate surface area is 476 Å². The molecule has 0 saturated carbocycles. The minimum atomic E-state index is -0.490. The van der Waals surface area contributed by atoms with Crippen molar-refractivity contribution in [2.24, 2.45) is 0 Å². The van der Waals surface area contributed by atoms with Crippen molar-refractivity contribution < 1.29 is 31.9 Å². The molecule has 0 atom stereocenters. The highest BCUT2D eigenvalue weighted by Gasteiger charge is 2.51. The third kappa shape index (κ3) is 10.5. The number of aromatic nitrogens is 6. The van der Waals surface area contributed by atoms with Crippen molar-refractivity contribution in [1.82, 2.24) is 29.9 Å². The van der Waals surface area contributed by atoms with Gasteiger partial charge in [0.15, 0.2) is 40.3 Å². The first-order chi connectivity index (χ1) is 40.8. The maximum atomic E-state index is 8.42. The standard InChI is InChI=1S/C27H15Cl2N3O.C18H17BCl2O3.C15H10ClN3/c28-19-14-21-20-12-11-18(13-23(20)33-24(21)22(29)15-19)27-31-25(16-7-3-1-4-8-16)30-26(32-27)17-9-5-2-6-10-17;1-17(2)18(3,4)24-19(23-17)10-5-6-12-13-8-11(20)9-14(21)16(13)22-15(12)7-10;16-15-18-13(11-7-3-1-4-8-11)17-14(19-15)12-9-5-2-6-10-12/h1-15H;5-9H,1-4H3;1-10H/i1D,3D,4D,7D,8D;;1D,3D,4D,7D,8D. The Kier molecular flexibility index (Phi) is 11.1. The number of nitrogens with zero attached hydrogens (tertiary/aromatic N) is 6. The van der Waals surface area contributed by atoms with Crippen molar-refractivity contribution in [2.45, 2.75) is 38.9 Å². The van der Waals surface area contributed by atoms with Crippen LogP contribution in [0.2, 0.25) is 25.4 Å². The molecular formula is C60H42BCl5N6O4. The molecule has 4 aromatic heterocycles. The summed E-state index contributed by atoms with van der Waals surface area (Å²) in [5, 5.41) is 5.29. The van der Waals surface area contributed by atoms with E-state index in [9.17, 15) is 0 Å². The Hall–Kier alpha value is -7.19. The zero-order chi connectivity index (χ0) is 61.4. The monoisotopic (exact) mass is 1110 g/mol. The van der Waals surface area contributed by atoms with Gasteiger partial charge >= 0.3 is 7.12 Å². The SMILES string of the molecule is CC1(C)OB(c2ccc3c(c2)oc2c(Cl)cc(Cl)cc23)OC1(C)C.[2H]c1c([2H])c([2H])c(-c2nc(-c3ccccc3)nc(-c3ccc4c(c3)oc3c(Cl)cc(Cl)cc34)n2)c([2H])c1[2H].[2H]c1c([2H])c([2H])c(-c2nc(Cl)nc(-c3ccccc3)n2)c([2H])c1[2H]. The highest BCUT2D eigenvalue weighted by atomic mass is 35.5. The highest BCUT2D eigenvalue weighted by Crippen LogP contribution is 2.40. The van der Waals surface area contributed by atoms with E-state index in [1.807, 2.05) is 100 Å². The fourth-order valence-electron chi connectivity index (χ4n) is 8.12. The van der Waals surface area contributed by atoms with Gasteiger partial charge in [-0.15, -0.1) is 0 Å². The Balaban J connectivity index is 0.000000140. The summed E-state index contributed by atoms with van der Waals surface area (Å²) in [6, 6.07) is 32.1. The normalized spacial score (nSPS) is 15.5. The molecule has 13 rings (SSSR count). The van der Waals surface area contributed by atoms with Crippen LogP contribution >= 0.6 is 58.0 Å². The summed E-state index contributed by atoms with van der Waals surface area (Å²) >= 11 is 30.8. The third-order valence-corrected chi connectivity index (χ3v) is 13.7. The van der Waals surface area contributed by atoms with Gasteiger partial charge in [0.05, 0.1) is 35.0 Å². The minimum absolute atomic E-state index is 0.0367. The van der Waals surface area contributed by atoms with Gasteiger partial charge in [-0.1, -0.05) is 186 Å². The maximum absolute atomic E-state index is 8.42. The van der Waals surface area contributed by atoms with Gasteiger partial charge in [0, 0.05) is 59.4 Å². The van der Waals surface area contributed by atoms with E-state index in [2.05, 4.69) is 29.9 Å². The largest absolute Gasteiger partial charge is 0.494 e. The lowest BCUT2D eigenvalue weighted by Crippen LogP contribution is -2.41. The summed E-state index contributed by atoms with van der Waals surface area (Å²) in [6.07, 6.45) is 0. The first kappa shape index (κ1) is 40.1. The lowest BCUT2D eigenvalue weighted by molar-refractivity contribution is 0.00578. The van der Waals surface area contributed by atoms with Gasteiger partial charge in [0.25, 0.3) is 0 Å². The van der Waals surface area contributed by atoms with Crippen LogP contribution in [-0.2, 0) is 9.31 Å². The molecule has 5 heterocycles. The summed E-state index contributed by atoms with van der Waals surface area (Å²) in [4.78, 5) is 25.9. The summed E-state index contributed by atoms with van der Waals surface area (Å²) in [5.41, 5.74) is 4.29. The van der Waals surface area contributed by atoms with Crippen LogP contribution in [0.15, 0.2) is 191 Å². The van der Waals surface area contributed by atoms with E-state index in [4.69, 9.17) is 89.9 Å². The number of hydrogen-bond acceptors (Lipinski definition) is 10. The van der Waals surface area contributed by atoms with Crippen molar-refractivity contribution >= 4 is 114 Å². The van der Waals surface area contributed by atoms with E-state index >= 15 is 0 Å². The summed E-state index contributed by atoms with van der Waals surface area (Å²) in [6.45, 7) is 8.14. The van der Waals surface area contributed by atoms with E-state index in [1.165, 1.54) is 0 Å². The summed E-state index contributed by atoms with van der Waals surface area (Å²) < 4.78 is 104. The van der Waals surface area contributed by atoms with Gasteiger partial charge in [0.1, 0.15) is 11.2 Å². The maximum Gasteiger partial charge on any atom is 0.494 e. The Morgan fingerprint density at radius 1 is 0.408 bits per heavy atom. The van der Waals surface area contributed by atoms with Crippen LogP contribution < -0.4 is 5.46 Å². The molecule has 1 aliphatic heterocycles. The van der Waals surface area contributed by atoms with Crippen LogP contribution in [-0.4, -0.2) is 48.2 Å². The van der Waals surface area contributed by atoms with Gasteiger partial charge in [-0.05, 0) is 87.2 Å². The predicted molar refractivity (Wildman–Crippen MR) is 309 cm³/mol. The minimum Gasteiger partial charge on any atom is -0.455 e. The number of rotatable bonds is 6. The Morgan fingerprint density at radius 3 is 1.30 bits per heavy atom. The summed E-state index contributed by atoms with van der Waals surface area (Å²) in [5.74, 6) is 0.692. The molecule has 1 saturated heterocycles. The molecule has 0 amide bonds. The molecule has 12 aromatic rings. The summed E-state index contributed by atoms with van der Waals surface area (Å²) in [7, 11) is -0.424. The topological polar surface area (TPSA) is 122 Å². The van der Waals surface area contributed by atoms with Gasteiger partial charge in [-0.2, -0.15) is 9.97 Å². The van der Waals surface area contributed by atoms with Crippen LogP contribution in [0.3, 0.4) is 0 Å². The molecule has 0 radical (unpaired) electrons. The molecule has 76 heavy (non-hydrogen) atoms. The number of halogens is 5. The van der Waals surface area contributed by atoms with Crippen LogP contribution in [0.4, 0.5) is 0 Å². The molecule has 1 aliphatic rings. The molecule has 16 heteroatoms. The van der Waals surface area contributed by atoms with E-state index in [0.29, 0.717) is 53.5 Å². The molecule has 8 aromatic carbocycles. The molecule has 0 unspecified atom stereocenters. The average molecular weight is 1110 g/mol.